The van der Waals surface area contributed by atoms with Gasteiger partial charge in [-0.3, -0.25) is 0 Å². The lowest BCUT2D eigenvalue weighted by Gasteiger charge is -1.97. The van der Waals surface area contributed by atoms with E-state index in [2.05, 4.69) is 15.9 Å². The zero-order valence-electron chi connectivity index (χ0n) is 8.24. The minimum Gasteiger partial charge on any atom is -0.478 e. The van der Waals surface area contributed by atoms with Gasteiger partial charge in [-0.1, -0.05) is 15.9 Å². The number of fused-ring (bicyclic) bond motifs is 1. The third kappa shape index (κ3) is 1.96. The molecule has 0 aliphatic rings. The SMILES string of the molecule is O=C(O)c1cc(Br)cc2cc(CCO)oc12. The smallest absolute Gasteiger partial charge is 0.339 e. The van der Waals surface area contributed by atoms with E-state index in [0.29, 0.717) is 22.2 Å². The molecule has 1 heterocycles. The Bertz CT molecular complexity index is 544. The van der Waals surface area contributed by atoms with E-state index in [-0.39, 0.29) is 12.2 Å². The summed E-state index contributed by atoms with van der Waals surface area (Å²) >= 11 is 3.25. The fraction of sp³-hybridized carbons (Fsp3) is 0.182. The summed E-state index contributed by atoms with van der Waals surface area (Å²) < 4.78 is 6.08. The molecular formula is C11H9BrO4. The second-order valence-electron chi connectivity index (χ2n) is 3.36. The summed E-state index contributed by atoms with van der Waals surface area (Å²) in [5.74, 6) is -0.450. The van der Waals surface area contributed by atoms with Gasteiger partial charge in [0, 0.05) is 16.3 Å². The van der Waals surface area contributed by atoms with Crippen LogP contribution in [0.3, 0.4) is 0 Å². The molecule has 0 saturated carbocycles. The van der Waals surface area contributed by atoms with Crippen molar-refractivity contribution in [1.29, 1.82) is 0 Å². The van der Waals surface area contributed by atoms with E-state index >= 15 is 0 Å². The summed E-state index contributed by atoms with van der Waals surface area (Å²) in [6, 6.07) is 5.02. The average Bonchev–Trinajstić information content (AvgIpc) is 2.59. The fourth-order valence-electron chi connectivity index (χ4n) is 1.56. The Morgan fingerprint density at radius 2 is 2.12 bits per heavy atom. The van der Waals surface area contributed by atoms with Crippen molar-refractivity contribution < 1.29 is 19.4 Å². The van der Waals surface area contributed by atoms with Gasteiger partial charge in [0.05, 0.1) is 6.61 Å². The van der Waals surface area contributed by atoms with E-state index in [1.54, 1.807) is 12.1 Å². The molecule has 1 aromatic carbocycles. The number of aliphatic hydroxyl groups excluding tert-OH is 1. The van der Waals surface area contributed by atoms with Crippen LogP contribution >= 0.6 is 15.9 Å². The number of hydrogen-bond donors (Lipinski definition) is 2. The first kappa shape index (κ1) is 11.2. The Balaban J connectivity index is 2.65. The topological polar surface area (TPSA) is 70.7 Å². The number of halogens is 1. The molecule has 0 bridgehead atoms. The lowest BCUT2D eigenvalue weighted by atomic mass is 10.1. The van der Waals surface area contributed by atoms with E-state index in [4.69, 9.17) is 14.6 Å². The number of hydrogen-bond acceptors (Lipinski definition) is 3. The third-order valence-corrected chi connectivity index (χ3v) is 2.68. The van der Waals surface area contributed by atoms with Crippen molar-refractivity contribution >= 4 is 32.9 Å². The van der Waals surface area contributed by atoms with Gasteiger partial charge in [0.15, 0.2) is 0 Å². The summed E-state index contributed by atoms with van der Waals surface area (Å²) in [4.78, 5) is 11.0. The highest BCUT2D eigenvalue weighted by atomic mass is 79.9. The number of aromatic carboxylic acids is 1. The van der Waals surface area contributed by atoms with Crippen LogP contribution in [0.4, 0.5) is 0 Å². The van der Waals surface area contributed by atoms with Crippen LogP contribution in [0.5, 0.6) is 0 Å². The molecule has 84 valence electrons. The summed E-state index contributed by atoms with van der Waals surface area (Å²) in [5.41, 5.74) is 0.465. The number of rotatable bonds is 3. The molecule has 2 N–H and O–H groups in total. The maximum atomic E-state index is 11.0. The molecule has 2 rings (SSSR count). The number of carboxylic acids is 1. The van der Waals surface area contributed by atoms with E-state index in [1.165, 1.54) is 6.07 Å². The minimum atomic E-state index is -1.03. The molecule has 0 unspecified atom stereocenters. The van der Waals surface area contributed by atoms with Gasteiger partial charge in [-0.2, -0.15) is 0 Å². The maximum Gasteiger partial charge on any atom is 0.339 e. The van der Waals surface area contributed by atoms with E-state index in [1.807, 2.05) is 0 Å². The predicted molar refractivity (Wildman–Crippen MR) is 61.7 cm³/mol. The molecule has 0 aliphatic carbocycles. The fourth-order valence-corrected chi connectivity index (χ4v) is 2.04. The van der Waals surface area contributed by atoms with Crippen molar-refractivity contribution in [3.63, 3.8) is 0 Å². The summed E-state index contributed by atoms with van der Waals surface area (Å²) in [7, 11) is 0. The quantitative estimate of drug-likeness (QED) is 0.908. The van der Waals surface area contributed by atoms with Crippen LogP contribution in [0.15, 0.2) is 27.1 Å². The van der Waals surface area contributed by atoms with Crippen molar-refractivity contribution in [1.82, 2.24) is 0 Å². The molecule has 0 aliphatic heterocycles. The molecule has 0 amide bonds. The van der Waals surface area contributed by atoms with Crippen LogP contribution in [-0.2, 0) is 6.42 Å². The molecular weight excluding hydrogens is 276 g/mol. The second-order valence-corrected chi connectivity index (χ2v) is 4.28. The Hall–Kier alpha value is -1.33. The highest BCUT2D eigenvalue weighted by Gasteiger charge is 2.14. The Labute approximate surface area is 99.6 Å². The highest BCUT2D eigenvalue weighted by molar-refractivity contribution is 9.10. The summed E-state index contributed by atoms with van der Waals surface area (Å²) in [6.07, 6.45) is 0.380. The van der Waals surface area contributed by atoms with Gasteiger partial charge < -0.3 is 14.6 Å². The molecule has 2 aromatic rings. The average molecular weight is 285 g/mol. The first-order valence-electron chi connectivity index (χ1n) is 4.68. The minimum absolute atomic E-state index is 0.0244. The first-order valence-corrected chi connectivity index (χ1v) is 5.47. The monoisotopic (exact) mass is 284 g/mol. The predicted octanol–water partition coefficient (Wildman–Crippen LogP) is 2.43. The molecule has 0 radical (unpaired) electrons. The largest absolute Gasteiger partial charge is 0.478 e. The molecule has 0 atom stereocenters. The number of benzene rings is 1. The van der Waals surface area contributed by atoms with E-state index in [9.17, 15) is 4.79 Å². The number of carboxylic acid groups (broad SMARTS) is 1. The van der Waals surface area contributed by atoms with Gasteiger partial charge in [0.2, 0.25) is 0 Å². The van der Waals surface area contributed by atoms with Crippen LogP contribution in [0.25, 0.3) is 11.0 Å². The van der Waals surface area contributed by atoms with Crippen LogP contribution in [0, 0.1) is 0 Å². The number of aliphatic hydroxyl groups is 1. The normalized spacial score (nSPS) is 10.9. The molecule has 1 aromatic heterocycles. The molecule has 5 heteroatoms. The van der Waals surface area contributed by atoms with E-state index < -0.39 is 5.97 Å². The summed E-state index contributed by atoms with van der Waals surface area (Å²) in [5, 5.41) is 18.5. The number of carbonyl (C=O) groups is 1. The van der Waals surface area contributed by atoms with Crippen molar-refractivity contribution in [2.45, 2.75) is 6.42 Å². The van der Waals surface area contributed by atoms with E-state index in [0.717, 1.165) is 5.39 Å². The van der Waals surface area contributed by atoms with Crippen molar-refractivity contribution in [3.8, 4) is 0 Å². The van der Waals surface area contributed by atoms with Gasteiger partial charge in [-0.25, -0.2) is 4.79 Å². The van der Waals surface area contributed by atoms with Gasteiger partial charge in [0.1, 0.15) is 16.9 Å². The van der Waals surface area contributed by atoms with Crippen LogP contribution in [-0.4, -0.2) is 22.8 Å². The molecule has 0 spiro atoms. The van der Waals surface area contributed by atoms with Crippen LogP contribution < -0.4 is 0 Å². The Morgan fingerprint density at radius 3 is 2.75 bits per heavy atom. The first-order chi connectivity index (χ1) is 7.61. The van der Waals surface area contributed by atoms with Crippen LogP contribution in [0.1, 0.15) is 16.1 Å². The van der Waals surface area contributed by atoms with Gasteiger partial charge >= 0.3 is 5.97 Å². The van der Waals surface area contributed by atoms with Gasteiger partial charge in [0.25, 0.3) is 0 Å². The van der Waals surface area contributed by atoms with Crippen LogP contribution in [0.2, 0.25) is 0 Å². The highest BCUT2D eigenvalue weighted by Crippen LogP contribution is 2.27. The zero-order valence-corrected chi connectivity index (χ0v) is 9.82. The van der Waals surface area contributed by atoms with Crippen molar-refractivity contribution in [2.75, 3.05) is 6.61 Å². The maximum absolute atomic E-state index is 11.0. The molecule has 16 heavy (non-hydrogen) atoms. The summed E-state index contributed by atoms with van der Waals surface area (Å²) in [6.45, 7) is -0.0244. The van der Waals surface area contributed by atoms with Crippen molar-refractivity contribution in [3.05, 3.63) is 34.0 Å². The Kier molecular flexibility index (Phi) is 2.98. The van der Waals surface area contributed by atoms with Gasteiger partial charge in [-0.15, -0.1) is 0 Å². The molecule has 0 fully saturated rings. The lowest BCUT2D eigenvalue weighted by molar-refractivity contribution is 0.0697. The van der Waals surface area contributed by atoms with Gasteiger partial charge in [-0.05, 0) is 18.2 Å². The Morgan fingerprint density at radius 1 is 1.38 bits per heavy atom. The second kappa shape index (κ2) is 4.27. The zero-order chi connectivity index (χ0) is 11.7. The third-order valence-electron chi connectivity index (χ3n) is 2.22. The molecule has 0 saturated heterocycles. The number of furan rings is 1. The van der Waals surface area contributed by atoms with Crippen molar-refractivity contribution in [2.24, 2.45) is 0 Å². The standard InChI is InChI=1S/C11H9BrO4/c12-7-3-6-4-8(1-2-13)16-10(6)9(5-7)11(14)15/h3-5,13H,1-2H2,(H,14,15). The lowest BCUT2D eigenvalue weighted by Crippen LogP contribution is -1.96. The molecule has 4 nitrogen and oxygen atoms in total.